The van der Waals surface area contributed by atoms with E-state index in [2.05, 4.69) is 17.3 Å². The Balaban J connectivity index is 1.71. The highest BCUT2D eigenvalue weighted by atomic mass is 32.2. The van der Waals surface area contributed by atoms with Gasteiger partial charge in [0.1, 0.15) is 0 Å². The van der Waals surface area contributed by atoms with Crippen molar-refractivity contribution in [3.05, 3.63) is 53.6 Å². The number of aryl methyl sites for hydroxylation is 1. The zero-order valence-corrected chi connectivity index (χ0v) is 15.5. The largest absolute Gasteiger partial charge is 0.381 e. The standard InChI is InChI=1S/C20H24N2O2S/c1-14-3-5-15(6-4-14)25(23,24)16-7-8-19-18(13-16)17-9-11-22(2)12-10-20(17)21-19/h3-8,13,17,20-21H,9-12H2,1-2H3/t17-,20+/m0/s1. The summed E-state index contributed by atoms with van der Waals surface area (Å²) >= 11 is 0. The molecule has 25 heavy (non-hydrogen) atoms. The van der Waals surface area contributed by atoms with E-state index < -0.39 is 9.84 Å². The van der Waals surface area contributed by atoms with Gasteiger partial charge in [-0.3, -0.25) is 0 Å². The molecule has 0 spiro atoms. The number of sulfone groups is 1. The molecular weight excluding hydrogens is 332 g/mol. The van der Waals surface area contributed by atoms with Gasteiger partial charge in [0, 0.05) is 17.6 Å². The Bertz CT molecular complexity index is 890. The predicted octanol–water partition coefficient (Wildman–Crippen LogP) is 3.43. The molecule has 0 radical (unpaired) electrons. The normalized spacial score (nSPS) is 23.4. The fourth-order valence-corrected chi connectivity index (χ4v) is 5.27. The summed E-state index contributed by atoms with van der Waals surface area (Å²) in [4.78, 5) is 3.11. The molecule has 4 rings (SSSR count). The second-order valence-electron chi connectivity index (χ2n) is 7.30. The summed E-state index contributed by atoms with van der Waals surface area (Å²) in [6, 6.07) is 13.1. The van der Waals surface area contributed by atoms with Gasteiger partial charge in [-0.25, -0.2) is 8.42 Å². The minimum atomic E-state index is -3.47. The van der Waals surface area contributed by atoms with Crippen molar-refractivity contribution in [2.75, 3.05) is 25.5 Å². The van der Waals surface area contributed by atoms with Gasteiger partial charge in [0.2, 0.25) is 9.84 Å². The average Bonchev–Trinajstić information content (AvgIpc) is 2.84. The van der Waals surface area contributed by atoms with Crippen LogP contribution in [0.2, 0.25) is 0 Å². The van der Waals surface area contributed by atoms with Crippen molar-refractivity contribution < 1.29 is 8.42 Å². The Morgan fingerprint density at radius 2 is 1.68 bits per heavy atom. The molecule has 0 aliphatic carbocycles. The number of hydrogen-bond donors (Lipinski definition) is 1. The van der Waals surface area contributed by atoms with Gasteiger partial charge in [-0.05, 0) is 75.8 Å². The zero-order valence-electron chi connectivity index (χ0n) is 14.7. The van der Waals surface area contributed by atoms with Crippen LogP contribution in [0.5, 0.6) is 0 Å². The first kappa shape index (κ1) is 16.6. The third-order valence-electron chi connectivity index (χ3n) is 5.53. The third-order valence-corrected chi connectivity index (χ3v) is 7.30. The lowest BCUT2D eigenvalue weighted by atomic mass is 9.91. The molecule has 1 fully saturated rings. The van der Waals surface area contributed by atoms with E-state index in [4.69, 9.17) is 0 Å². The summed E-state index contributed by atoms with van der Waals surface area (Å²) < 4.78 is 26.0. The number of nitrogens with zero attached hydrogens (tertiary/aromatic N) is 1. The molecule has 0 unspecified atom stereocenters. The molecule has 0 amide bonds. The maximum Gasteiger partial charge on any atom is 0.206 e. The summed E-state index contributed by atoms with van der Waals surface area (Å²) in [5.41, 5.74) is 3.32. The summed E-state index contributed by atoms with van der Waals surface area (Å²) in [6.45, 7) is 4.09. The fourth-order valence-electron chi connectivity index (χ4n) is 3.98. The zero-order chi connectivity index (χ0) is 17.6. The molecule has 1 N–H and O–H groups in total. The number of anilines is 1. The molecule has 1 saturated heterocycles. The minimum Gasteiger partial charge on any atom is -0.381 e. The Hall–Kier alpha value is -1.85. The van der Waals surface area contributed by atoms with E-state index in [0.29, 0.717) is 21.8 Å². The monoisotopic (exact) mass is 356 g/mol. The van der Waals surface area contributed by atoms with Crippen LogP contribution < -0.4 is 5.32 Å². The second-order valence-corrected chi connectivity index (χ2v) is 9.25. The van der Waals surface area contributed by atoms with Crippen molar-refractivity contribution in [1.82, 2.24) is 4.90 Å². The molecule has 2 aromatic carbocycles. The molecule has 2 aliphatic rings. The van der Waals surface area contributed by atoms with Crippen LogP contribution >= 0.6 is 0 Å². The second kappa shape index (κ2) is 6.15. The minimum absolute atomic E-state index is 0.362. The SMILES string of the molecule is Cc1ccc(S(=O)(=O)c2ccc3c(c2)[C@@H]2CCN(C)CC[C@H]2N3)cc1. The Kier molecular flexibility index (Phi) is 4.08. The molecule has 2 aliphatic heterocycles. The van der Waals surface area contributed by atoms with Crippen LogP contribution in [-0.4, -0.2) is 39.5 Å². The molecule has 2 aromatic rings. The van der Waals surface area contributed by atoms with Crippen LogP contribution in [0.25, 0.3) is 0 Å². The molecule has 132 valence electrons. The topological polar surface area (TPSA) is 49.4 Å². The van der Waals surface area contributed by atoms with Crippen LogP contribution in [0, 0.1) is 6.92 Å². The maximum absolute atomic E-state index is 13.0. The molecule has 5 heteroatoms. The van der Waals surface area contributed by atoms with Gasteiger partial charge in [0.25, 0.3) is 0 Å². The van der Waals surface area contributed by atoms with Crippen LogP contribution in [0.1, 0.15) is 29.9 Å². The molecule has 2 atom stereocenters. The van der Waals surface area contributed by atoms with Gasteiger partial charge in [-0.15, -0.1) is 0 Å². The van der Waals surface area contributed by atoms with Gasteiger partial charge in [0.05, 0.1) is 9.79 Å². The quantitative estimate of drug-likeness (QED) is 0.896. The van der Waals surface area contributed by atoms with Crippen LogP contribution in [0.4, 0.5) is 5.69 Å². The maximum atomic E-state index is 13.0. The summed E-state index contributed by atoms with van der Waals surface area (Å²) in [5, 5.41) is 3.60. The Morgan fingerprint density at radius 1 is 1.00 bits per heavy atom. The van der Waals surface area contributed by atoms with Crippen molar-refractivity contribution in [2.45, 2.75) is 41.5 Å². The highest BCUT2D eigenvalue weighted by Gasteiger charge is 2.34. The van der Waals surface area contributed by atoms with E-state index in [1.54, 1.807) is 18.2 Å². The van der Waals surface area contributed by atoms with E-state index in [1.807, 2.05) is 31.2 Å². The number of hydrogen-bond acceptors (Lipinski definition) is 4. The van der Waals surface area contributed by atoms with Crippen molar-refractivity contribution >= 4 is 15.5 Å². The van der Waals surface area contributed by atoms with Crippen molar-refractivity contribution in [3.8, 4) is 0 Å². The van der Waals surface area contributed by atoms with E-state index in [1.165, 1.54) is 0 Å². The van der Waals surface area contributed by atoms with Gasteiger partial charge in [-0.2, -0.15) is 0 Å². The van der Waals surface area contributed by atoms with E-state index in [9.17, 15) is 8.42 Å². The highest BCUT2D eigenvalue weighted by Crippen LogP contribution is 2.42. The third kappa shape index (κ3) is 2.96. The van der Waals surface area contributed by atoms with Crippen molar-refractivity contribution in [2.24, 2.45) is 0 Å². The molecule has 0 saturated carbocycles. The number of fused-ring (bicyclic) bond motifs is 3. The van der Waals surface area contributed by atoms with Crippen molar-refractivity contribution in [3.63, 3.8) is 0 Å². The molecule has 0 aromatic heterocycles. The lowest BCUT2D eigenvalue weighted by molar-refractivity contribution is 0.346. The molecular formula is C20H24N2O2S. The smallest absolute Gasteiger partial charge is 0.206 e. The number of likely N-dealkylation sites (tertiary alicyclic amines) is 1. The van der Waals surface area contributed by atoms with Gasteiger partial charge in [-0.1, -0.05) is 17.7 Å². The lowest BCUT2D eigenvalue weighted by Crippen LogP contribution is -2.22. The van der Waals surface area contributed by atoms with Gasteiger partial charge < -0.3 is 10.2 Å². The van der Waals surface area contributed by atoms with E-state index in [-0.39, 0.29) is 0 Å². The molecule has 0 bridgehead atoms. The predicted molar refractivity (Wildman–Crippen MR) is 100.0 cm³/mol. The van der Waals surface area contributed by atoms with Gasteiger partial charge >= 0.3 is 0 Å². The first-order valence-electron chi connectivity index (χ1n) is 8.86. The van der Waals surface area contributed by atoms with Crippen LogP contribution in [0.15, 0.2) is 52.3 Å². The highest BCUT2D eigenvalue weighted by molar-refractivity contribution is 7.91. The Morgan fingerprint density at radius 3 is 2.44 bits per heavy atom. The van der Waals surface area contributed by atoms with Crippen LogP contribution in [-0.2, 0) is 9.84 Å². The van der Waals surface area contributed by atoms with Gasteiger partial charge in [0.15, 0.2) is 0 Å². The van der Waals surface area contributed by atoms with E-state index in [0.717, 1.165) is 42.7 Å². The van der Waals surface area contributed by atoms with Crippen LogP contribution in [0.3, 0.4) is 0 Å². The number of benzene rings is 2. The summed E-state index contributed by atoms with van der Waals surface area (Å²) in [7, 11) is -1.32. The summed E-state index contributed by atoms with van der Waals surface area (Å²) in [5.74, 6) is 0.396. The first-order valence-corrected chi connectivity index (χ1v) is 10.3. The van der Waals surface area contributed by atoms with E-state index >= 15 is 0 Å². The Labute approximate surface area is 149 Å². The average molecular weight is 356 g/mol. The molecule has 2 heterocycles. The number of nitrogens with one attached hydrogen (secondary N) is 1. The molecule has 4 nitrogen and oxygen atoms in total. The fraction of sp³-hybridized carbons (Fsp3) is 0.400. The van der Waals surface area contributed by atoms with Crippen molar-refractivity contribution in [1.29, 1.82) is 0 Å². The first-order chi connectivity index (χ1) is 11.9. The number of rotatable bonds is 2. The summed E-state index contributed by atoms with van der Waals surface area (Å²) in [6.07, 6.45) is 2.16. The lowest BCUT2D eigenvalue weighted by Gasteiger charge is -2.16.